The zero-order valence-corrected chi connectivity index (χ0v) is 16.8. The number of carbonyl (C=O) groups is 2. The first-order valence-corrected chi connectivity index (χ1v) is 9.95. The molecule has 3 rings (SSSR count). The lowest BCUT2D eigenvalue weighted by atomic mass is 10.1. The second kappa shape index (κ2) is 8.75. The number of anilines is 1. The van der Waals surface area contributed by atoms with E-state index in [0.717, 1.165) is 16.8 Å². The van der Waals surface area contributed by atoms with E-state index in [1.807, 2.05) is 6.92 Å². The summed E-state index contributed by atoms with van der Waals surface area (Å²) < 4.78 is 23.6. The number of methoxy groups -OCH3 is 1. The summed E-state index contributed by atoms with van der Waals surface area (Å²) in [5.41, 5.74) is 2.79. The molecule has 1 saturated heterocycles. The number of thioether (sulfide) groups is 1. The van der Waals surface area contributed by atoms with Crippen molar-refractivity contribution >= 4 is 29.3 Å². The number of rotatable bonds is 6. The first-order chi connectivity index (χ1) is 13.4. The van der Waals surface area contributed by atoms with E-state index in [9.17, 15) is 14.0 Å². The van der Waals surface area contributed by atoms with E-state index < -0.39 is 5.97 Å². The summed E-state index contributed by atoms with van der Waals surface area (Å²) in [5, 5.41) is -0.230. The number of aryl methyl sites for hydroxylation is 1. The molecular weight excluding hydrogens is 381 g/mol. The number of nitrogens with zero attached hydrogens (tertiary/aromatic N) is 1. The van der Waals surface area contributed by atoms with Crippen molar-refractivity contribution in [3.8, 4) is 0 Å². The van der Waals surface area contributed by atoms with Gasteiger partial charge in [-0.1, -0.05) is 12.1 Å². The molecule has 5 nitrogen and oxygen atoms in total. The number of hydrogen-bond acceptors (Lipinski definition) is 5. The third kappa shape index (κ3) is 4.36. The standard InChI is InChI=1S/C21H22FNO4S/c1-13-10-16(21(25)27-14(2)11-26-3)6-9-18(13)23-19(24)12-28-20(23)15-4-7-17(22)8-5-15/h4-10,14,20H,11-12H2,1-3H3. The molecule has 2 atom stereocenters. The molecule has 0 N–H and O–H groups in total. The van der Waals surface area contributed by atoms with Gasteiger partial charge in [-0.2, -0.15) is 0 Å². The highest BCUT2D eigenvalue weighted by atomic mass is 32.2. The van der Waals surface area contributed by atoms with Crippen molar-refractivity contribution in [3.05, 3.63) is 65.0 Å². The Hall–Kier alpha value is -2.38. The lowest BCUT2D eigenvalue weighted by Crippen LogP contribution is -2.28. The summed E-state index contributed by atoms with van der Waals surface area (Å²) in [7, 11) is 1.55. The molecule has 1 fully saturated rings. The topological polar surface area (TPSA) is 55.8 Å². The van der Waals surface area contributed by atoms with E-state index in [0.29, 0.717) is 17.9 Å². The lowest BCUT2D eigenvalue weighted by Gasteiger charge is -2.26. The van der Waals surface area contributed by atoms with Crippen molar-refractivity contribution < 1.29 is 23.5 Å². The van der Waals surface area contributed by atoms with Crippen LogP contribution in [0.3, 0.4) is 0 Å². The van der Waals surface area contributed by atoms with Crippen molar-refractivity contribution in [3.63, 3.8) is 0 Å². The highest BCUT2D eigenvalue weighted by molar-refractivity contribution is 8.00. The molecule has 0 radical (unpaired) electrons. The number of esters is 1. The van der Waals surface area contributed by atoms with Crippen molar-refractivity contribution in [1.82, 2.24) is 0 Å². The van der Waals surface area contributed by atoms with E-state index in [1.54, 1.807) is 49.3 Å². The van der Waals surface area contributed by atoms with Crippen LogP contribution in [-0.2, 0) is 14.3 Å². The minimum absolute atomic E-state index is 0.0218. The quantitative estimate of drug-likeness (QED) is 0.680. The Morgan fingerprint density at radius 2 is 2.00 bits per heavy atom. The molecule has 0 spiro atoms. The van der Waals surface area contributed by atoms with Crippen LogP contribution in [0.2, 0.25) is 0 Å². The molecule has 1 heterocycles. The van der Waals surface area contributed by atoms with Gasteiger partial charge in [-0.05, 0) is 55.3 Å². The van der Waals surface area contributed by atoms with Gasteiger partial charge >= 0.3 is 5.97 Å². The Morgan fingerprint density at radius 1 is 1.29 bits per heavy atom. The molecule has 7 heteroatoms. The second-order valence-electron chi connectivity index (χ2n) is 6.65. The molecule has 148 valence electrons. The van der Waals surface area contributed by atoms with E-state index >= 15 is 0 Å². The molecule has 0 saturated carbocycles. The molecule has 1 aliphatic rings. The van der Waals surface area contributed by atoms with Gasteiger partial charge in [0, 0.05) is 12.8 Å². The predicted molar refractivity (Wildman–Crippen MR) is 107 cm³/mol. The van der Waals surface area contributed by atoms with E-state index in [-0.39, 0.29) is 23.2 Å². The zero-order chi connectivity index (χ0) is 20.3. The molecule has 1 aliphatic heterocycles. The van der Waals surface area contributed by atoms with Crippen LogP contribution in [0.5, 0.6) is 0 Å². The van der Waals surface area contributed by atoms with Crippen LogP contribution in [0.15, 0.2) is 42.5 Å². The lowest BCUT2D eigenvalue weighted by molar-refractivity contribution is -0.115. The van der Waals surface area contributed by atoms with Gasteiger partial charge in [0.15, 0.2) is 0 Å². The minimum atomic E-state index is -0.434. The first kappa shape index (κ1) is 20.4. The second-order valence-corrected chi connectivity index (χ2v) is 7.72. The highest BCUT2D eigenvalue weighted by Gasteiger charge is 2.35. The maximum absolute atomic E-state index is 13.3. The number of benzene rings is 2. The van der Waals surface area contributed by atoms with Gasteiger partial charge in [0.1, 0.15) is 17.3 Å². The Kier molecular flexibility index (Phi) is 6.36. The van der Waals surface area contributed by atoms with Crippen molar-refractivity contribution in [1.29, 1.82) is 0 Å². The molecule has 2 aromatic rings. The van der Waals surface area contributed by atoms with Gasteiger partial charge in [-0.25, -0.2) is 9.18 Å². The van der Waals surface area contributed by atoms with Crippen LogP contribution in [0.25, 0.3) is 0 Å². The molecule has 1 amide bonds. The van der Waals surface area contributed by atoms with Crippen LogP contribution < -0.4 is 4.90 Å². The minimum Gasteiger partial charge on any atom is -0.457 e. The Morgan fingerprint density at radius 3 is 2.64 bits per heavy atom. The Balaban J connectivity index is 1.84. The van der Waals surface area contributed by atoms with Crippen molar-refractivity contribution in [2.24, 2.45) is 0 Å². The number of amides is 1. The molecule has 28 heavy (non-hydrogen) atoms. The largest absolute Gasteiger partial charge is 0.457 e. The summed E-state index contributed by atoms with van der Waals surface area (Å²) in [6, 6.07) is 11.3. The molecule has 0 aliphatic carbocycles. The third-order valence-electron chi connectivity index (χ3n) is 4.42. The Labute approximate surface area is 167 Å². The number of halogens is 1. The van der Waals surface area contributed by atoms with E-state index in [2.05, 4.69) is 0 Å². The van der Waals surface area contributed by atoms with Crippen LogP contribution in [0, 0.1) is 12.7 Å². The zero-order valence-electron chi connectivity index (χ0n) is 16.0. The fourth-order valence-corrected chi connectivity index (χ4v) is 4.30. The smallest absolute Gasteiger partial charge is 0.338 e. The van der Waals surface area contributed by atoms with Gasteiger partial charge in [-0.15, -0.1) is 11.8 Å². The number of carbonyl (C=O) groups excluding carboxylic acids is 2. The average molecular weight is 403 g/mol. The van der Waals surface area contributed by atoms with Gasteiger partial charge in [0.05, 0.1) is 17.9 Å². The summed E-state index contributed by atoms with van der Waals surface area (Å²) in [6.07, 6.45) is -0.350. The van der Waals surface area contributed by atoms with Crippen LogP contribution in [0.1, 0.15) is 33.8 Å². The van der Waals surface area contributed by atoms with Gasteiger partial charge in [0.2, 0.25) is 5.91 Å². The van der Waals surface area contributed by atoms with Crippen molar-refractivity contribution in [2.75, 3.05) is 24.4 Å². The van der Waals surface area contributed by atoms with E-state index in [1.165, 1.54) is 23.9 Å². The van der Waals surface area contributed by atoms with Crippen LogP contribution >= 0.6 is 11.8 Å². The summed E-state index contributed by atoms with van der Waals surface area (Å²) in [4.78, 5) is 26.5. The maximum Gasteiger partial charge on any atom is 0.338 e. The molecular formula is C21H22FNO4S. The normalized spacial score (nSPS) is 17.6. The molecule has 0 bridgehead atoms. The highest BCUT2D eigenvalue weighted by Crippen LogP contribution is 2.42. The average Bonchev–Trinajstić information content (AvgIpc) is 3.03. The fourth-order valence-electron chi connectivity index (χ4n) is 3.13. The van der Waals surface area contributed by atoms with Crippen LogP contribution in [-0.4, -0.2) is 37.4 Å². The predicted octanol–water partition coefficient (Wildman–Crippen LogP) is 4.10. The fraction of sp³-hybridized carbons (Fsp3) is 0.333. The Bertz CT molecular complexity index is 871. The molecule has 2 aromatic carbocycles. The van der Waals surface area contributed by atoms with E-state index in [4.69, 9.17) is 9.47 Å². The molecule has 2 unspecified atom stereocenters. The number of ether oxygens (including phenoxy) is 2. The third-order valence-corrected chi connectivity index (χ3v) is 5.64. The van der Waals surface area contributed by atoms with Gasteiger partial charge in [-0.3, -0.25) is 9.69 Å². The number of hydrogen-bond donors (Lipinski definition) is 0. The van der Waals surface area contributed by atoms with Gasteiger partial charge in [0.25, 0.3) is 0 Å². The first-order valence-electron chi connectivity index (χ1n) is 8.90. The van der Waals surface area contributed by atoms with Crippen molar-refractivity contribution in [2.45, 2.75) is 25.3 Å². The molecule has 0 aromatic heterocycles. The SMILES string of the molecule is COCC(C)OC(=O)c1ccc(N2C(=O)CSC2c2ccc(F)cc2)c(C)c1. The summed E-state index contributed by atoms with van der Waals surface area (Å²) in [5.74, 6) is -0.422. The van der Waals surface area contributed by atoms with Gasteiger partial charge < -0.3 is 9.47 Å². The summed E-state index contributed by atoms with van der Waals surface area (Å²) >= 11 is 1.49. The van der Waals surface area contributed by atoms with Crippen LogP contribution in [0.4, 0.5) is 10.1 Å². The maximum atomic E-state index is 13.3. The monoisotopic (exact) mass is 403 g/mol. The summed E-state index contributed by atoms with van der Waals surface area (Å²) in [6.45, 7) is 3.93.